The summed E-state index contributed by atoms with van der Waals surface area (Å²) in [5, 5.41) is 14.2. The maximum atomic E-state index is 13.2. The maximum Gasteiger partial charge on any atom is 0.273 e. The number of nitrogens with one attached hydrogen (secondary N) is 1. The molecule has 2 rings (SSSR count). The zero-order chi connectivity index (χ0) is 22.5. The van der Waals surface area contributed by atoms with Crippen molar-refractivity contribution >= 4 is 33.4 Å². The van der Waals surface area contributed by atoms with Crippen molar-refractivity contribution < 1.29 is 14.5 Å². The van der Waals surface area contributed by atoms with Gasteiger partial charge in [0.2, 0.25) is 11.8 Å². The Kier molecular flexibility index (Phi) is 7.72. The quantitative estimate of drug-likeness (QED) is 0.478. The van der Waals surface area contributed by atoms with Crippen molar-refractivity contribution in [1.29, 1.82) is 0 Å². The number of nitrogens with zero attached hydrogens (tertiary/aromatic N) is 2. The number of rotatable bonds is 7. The Morgan fingerprint density at radius 2 is 1.73 bits per heavy atom. The van der Waals surface area contributed by atoms with Crippen LogP contribution in [-0.4, -0.2) is 33.2 Å². The van der Waals surface area contributed by atoms with Crippen molar-refractivity contribution in [3.63, 3.8) is 0 Å². The first-order chi connectivity index (χ1) is 14.0. The zero-order valence-electron chi connectivity index (χ0n) is 17.5. The van der Waals surface area contributed by atoms with E-state index in [0.29, 0.717) is 5.56 Å². The van der Waals surface area contributed by atoms with Crippen molar-refractivity contribution in [2.75, 3.05) is 0 Å². The lowest BCUT2D eigenvalue weighted by Gasteiger charge is -2.31. The average molecular weight is 476 g/mol. The van der Waals surface area contributed by atoms with E-state index in [9.17, 15) is 19.7 Å². The number of nitro benzene ring substituents is 1. The lowest BCUT2D eigenvalue weighted by molar-refractivity contribution is -0.385. The average Bonchev–Trinajstić information content (AvgIpc) is 2.65. The Morgan fingerprint density at radius 3 is 2.30 bits per heavy atom. The van der Waals surface area contributed by atoms with Gasteiger partial charge < -0.3 is 10.2 Å². The highest BCUT2D eigenvalue weighted by Crippen LogP contribution is 2.21. The van der Waals surface area contributed by atoms with E-state index in [2.05, 4.69) is 21.2 Å². The number of benzene rings is 2. The molecule has 0 aliphatic heterocycles. The minimum absolute atomic E-state index is 0.110. The third kappa shape index (κ3) is 6.66. The van der Waals surface area contributed by atoms with Crippen molar-refractivity contribution in [3.8, 4) is 0 Å². The number of nitro groups is 1. The van der Waals surface area contributed by atoms with Crippen LogP contribution >= 0.6 is 15.9 Å². The number of hydrogen-bond donors (Lipinski definition) is 1. The second-order valence-corrected chi connectivity index (χ2v) is 9.04. The molecule has 0 saturated carbocycles. The summed E-state index contributed by atoms with van der Waals surface area (Å²) in [5.41, 5.74) is 0.609. The molecule has 30 heavy (non-hydrogen) atoms. The molecule has 0 saturated heterocycles. The van der Waals surface area contributed by atoms with Gasteiger partial charge in [0.05, 0.1) is 11.3 Å². The summed E-state index contributed by atoms with van der Waals surface area (Å²) in [7, 11) is 0. The molecule has 160 valence electrons. The fraction of sp³-hybridized carbons (Fsp3) is 0.364. The van der Waals surface area contributed by atoms with Crippen molar-refractivity contribution in [1.82, 2.24) is 10.2 Å². The fourth-order valence-electron chi connectivity index (χ4n) is 2.95. The lowest BCUT2D eigenvalue weighted by Crippen LogP contribution is -2.52. The number of halogens is 1. The molecule has 1 unspecified atom stereocenters. The molecule has 0 aliphatic rings. The van der Waals surface area contributed by atoms with Crippen LogP contribution < -0.4 is 5.32 Å². The van der Waals surface area contributed by atoms with Gasteiger partial charge in [-0.05, 0) is 45.4 Å². The summed E-state index contributed by atoms with van der Waals surface area (Å²) >= 11 is 3.38. The summed E-state index contributed by atoms with van der Waals surface area (Å²) in [6, 6.07) is 12.9. The van der Waals surface area contributed by atoms with Crippen LogP contribution in [-0.2, 0) is 22.6 Å². The largest absolute Gasteiger partial charge is 0.350 e. The summed E-state index contributed by atoms with van der Waals surface area (Å²) in [6.45, 7) is 7.48. The van der Waals surface area contributed by atoms with Gasteiger partial charge in [-0.1, -0.05) is 46.3 Å². The Balaban J connectivity index is 2.32. The molecule has 2 aromatic carbocycles. The predicted octanol–water partition coefficient (Wildman–Crippen LogP) is 4.23. The molecule has 0 spiro atoms. The molecule has 0 radical (unpaired) electrons. The van der Waals surface area contributed by atoms with Gasteiger partial charge in [0.1, 0.15) is 6.04 Å². The molecule has 8 heteroatoms. The van der Waals surface area contributed by atoms with Crippen molar-refractivity contribution in [2.24, 2.45) is 0 Å². The van der Waals surface area contributed by atoms with Gasteiger partial charge in [-0.2, -0.15) is 0 Å². The number of carbonyl (C=O) groups is 2. The fourth-order valence-corrected chi connectivity index (χ4v) is 3.21. The van der Waals surface area contributed by atoms with E-state index in [-0.39, 0.29) is 30.5 Å². The Labute approximate surface area is 184 Å². The molecular formula is C22H26BrN3O4. The van der Waals surface area contributed by atoms with Crippen LogP contribution in [0.15, 0.2) is 53.0 Å². The van der Waals surface area contributed by atoms with Crippen LogP contribution in [0.25, 0.3) is 0 Å². The normalized spacial score (nSPS) is 12.2. The molecule has 0 fully saturated rings. The van der Waals surface area contributed by atoms with Gasteiger partial charge in [-0.25, -0.2) is 0 Å². The number of para-hydroxylation sites is 1. The lowest BCUT2D eigenvalue weighted by atomic mass is 10.1. The molecule has 1 N–H and O–H groups in total. The summed E-state index contributed by atoms with van der Waals surface area (Å²) < 4.78 is 0.905. The molecule has 7 nitrogen and oxygen atoms in total. The van der Waals surface area contributed by atoms with Gasteiger partial charge in [-0.15, -0.1) is 0 Å². The second kappa shape index (κ2) is 9.84. The molecule has 0 aliphatic carbocycles. The van der Waals surface area contributed by atoms with E-state index in [0.717, 1.165) is 10.0 Å². The summed E-state index contributed by atoms with van der Waals surface area (Å²) in [5.74, 6) is -0.640. The standard InChI is InChI=1S/C22H26BrN3O4/c1-15(21(28)24-22(2,3)4)25(14-16-9-11-18(23)12-10-16)20(27)13-17-7-5-6-8-19(17)26(29)30/h5-12,15H,13-14H2,1-4H3,(H,24,28). The Morgan fingerprint density at radius 1 is 1.13 bits per heavy atom. The van der Waals surface area contributed by atoms with Crippen molar-refractivity contribution in [3.05, 3.63) is 74.2 Å². The highest BCUT2D eigenvalue weighted by molar-refractivity contribution is 9.10. The monoisotopic (exact) mass is 475 g/mol. The van der Waals surface area contributed by atoms with Crippen LogP contribution in [0.5, 0.6) is 0 Å². The molecule has 0 bridgehead atoms. The van der Waals surface area contributed by atoms with Crippen LogP contribution in [0.2, 0.25) is 0 Å². The first-order valence-corrected chi connectivity index (χ1v) is 10.4. The molecular weight excluding hydrogens is 450 g/mol. The zero-order valence-corrected chi connectivity index (χ0v) is 19.1. The minimum atomic E-state index is -0.747. The summed E-state index contributed by atoms with van der Waals surface area (Å²) in [4.78, 5) is 38.2. The minimum Gasteiger partial charge on any atom is -0.350 e. The van der Waals surface area contributed by atoms with E-state index in [1.807, 2.05) is 45.0 Å². The molecule has 1 atom stereocenters. The SMILES string of the molecule is CC(C(=O)NC(C)(C)C)N(Cc1ccc(Br)cc1)C(=O)Cc1ccccc1[N+](=O)[O-]. The van der Waals surface area contributed by atoms with Crippen LogP contribution in [0.4, 0.5) is 5.69 Å². The maximum absolute atomic E-state index is 13.2. The van der Waals surface area contributed by atoms with Crippen LogP contribution in [0, 0.1) is 10.1 Å². The smallest absolute Gasteiger partial charge is 0.273 e. The predicted molar refractivity (Wildman–Crippen MR) is 119 cm³/mol. The van der Waals surface area contributed by atoms with Gasteiger partial charge in [0, 0.05) is 28.2 Å². The first-order valence-electron chi connectivity index (χ1n) is 9.56. The third-order valence-electron chi connectivity index (χ3n) is 4.46. The van der Waals surface area contributed by atoms with E-state index >= 15 is 0 Å². The summed E-state index contributed by atoms with van der Waals surface area (Å²) in [6.07, 6.45) is -0.166. The Hall–Kier alpha value is -2.74. The first kappa shape index (κ1) is 23.5. The number of hydrogen-bond acceptors (Lipinski definition) is 4. The van der Waals surface area contributed by atoms with Gasteiger partial charge in [0.15, 0.2) is 0 Å². The number of carbonyl (C=O) groups excluding carboxylic acids is 2. The van der Waals surface area contributed by atoms with Gasteiger partial charge in [0.25, 0.3) is 5.69 Å². The number of amides is 2. The van der Waals surface area contributed by atoms with E-state index < -0.39 is 16.5 Å². The van der Waals surface area contributed by atoms with Crippen LogP contribution in [0.3, 0.4) is 0 Å². The van der Waals surface area contributed by atoms with Gasteiger partial charge >= 0.3 is 0 Å². The van der Waals surface area contributed by atoms with E-state index in [1.165, 1.54) is 11.0 Å². The van der Waals surface area contributed by atoms with E-state index in [1.54, 1.807) is 25.1 Å². The van der Waals surface area contributed by atoms with E-state index in [4.69, 9.17) is 0 Å². The Bertz CT molecular complexity index is 923. The third-order valence-corrected chi connectivity index (χ3v) is 4.99. The van der Waals surface area contributed by atoms with Crippen LogP contribution in [0.1, 0.15) is 38.8 Å². The van der Waals surface area contributed by atoms with Gasteiger partial charge in [-0.3, -0.25) is 19.7 Å². The molecule has 0 aromatic heterocycles. The highest BCUT2D eigenvalue weighted by Gasteiger charge is 2.29. The molecule has 2 amide bonds. The second-order valence-electron chi connectivity index (χ2n) is 8.13. The highest BCUT2D eigenvalue weighted by atomic mass is 79.9. The molecule has 0 heterocycles. The molecule has 2 aromatic rings. The van der Waals surface area contributed by atoms with Crippen molar-refractivity contribution in [2.45, 2.75) is 52.2 Å². The topological polar surface area (TPSA) is 92.6 Å².